The van der Waals surface area contributed by atoms with E-state index in [1.54, 1.807) is 54.2 Å². The Hall–Kier alpha value is -0.720. The maximum Gasteiger partial charge on any atom is 0.240 e. The Morgan fingerprint density at radius 1 is 1.05 bits per heavy atom. The van der Waals surface area contributed by atoms with Crippen LogP contribution in [0.15, 0.2) is 53.4 Å². The lowest BCUT2D eigenvalue weighted by molar-refractivity contribution is 0.584. The van der Waals surface area contributed by atoms with Crippen molar-refractivity contribution in [3.8, 4) is 0 Å². The topological polar surface area (TPSA) is 46.2 Å². The van der Waals surface area contributed by atoms with Gasteiger partial charge in [-0.3, -0.25) is 0 Å². The van der Waals surface area contributed by atoms with Crippen molar-refractivity contribution in [2.75, 3.05) is 12.3 Å². The minimum absolute atomic E-state index is 0.278. The Labute approximate surface area is 145 Å². The van der Waals surface area contributed by atoms with Crippen molar-refractivity contribution in [1.82, 2.24) is 4.72 Å². The molecule has 0 aliphatic carbocycles. The molecule has 0 saturated heterocycles. The van der Waals surface area contributed by atoms with E-state index in [0.29, 0.717) is 28.1 Å². The largest absolute Gasteiger partial charge is 0.240 e. The van der Waals surface area contributed by atoms with Crippen LogP contribution in [-0.4, -0.2) is 20.7 Å². The molecule has 7 heteroatoms. The second-order valence-corrected chi connectivity index (χ2v) is 8.21. The molecule has 118 valence electrons. The molecule has 0 radical (unpaired) electrons. The standard InChI is InChI=1S/C15H15Cl2NO2S2/c16-13-7-6-12(15(17)10-13)11-21-9-8-18-22(19,20)14-4-2-1-3-5-14/h1-7,10,18H,8-9,11H2. The molecule has 0 amide bonds. The van der Waals surface area contributed by atoms with Crippen molar-refractivity contribution in [3.63, 3.8) is 0 Å². The van der Waals surface area contributed by atoms with Gasteiger partial charge < -0.3 is 0 Å². The SMILES string of the molecule is O=S(=O)(NCCSCc1ccc(Cl)cc1Cl)c1ccccc1. The molecule has 3 nitrogen and oxygen atoms in total. The molecule has 0 aromatic heterocycles. The van der Waals surface area contributed by atoms with E-state index in [0.717, 1.165) is 5.56 Å². The maximum atomic E-state index is 12.0. The molecular formula is C15H15Cl2NO2S2. The molecule has 0 spiro atoms. The van der Waals surface area contributed by atoms with Crippen LogP contribution in [0.4, 0.5) is 0 Å². The van der Waals surface area contributed by atoms with Crippen molar-refractivity contribution < 1.29 is 8.42 Å². The summed E-state index contributed by atoms with van der Waals surface area (Å²) in [6.07, 6.45) is 0. The minimum Gasteiger partial charge on any atom is -0.210 e. The number of rotatable bonds is 7. The van der Waals surface area contributed by atoms with E-state index in [4.69, 9.17) is 23.2 Å². The van der Waals surface area contributed by atoms with E-state index in [-0.39, 0.29) is 4.90 Å². The van der Waals surface area contributed by atoms with Crippen LogP contribution in [0, 0.1) is 0 Å². The predicted octanol–water partition coefficient (Wildman–Crippen LogP) is 4.21. The van der Waals surface area contributed by atoms with E-state index in [2.05, 4.69) is 4.72 Å². The molecule has 0 fully saturated rings. The third-order valence-corrected chi connectivity index (χ3v) is 5.94. The highest BCUT2D eigenvalue weighted by Gasteiger charge is 2.12. The van der Waals surface area contributed by atoms with Crippen LogP contribution >= 0.6 is 35.0 Å². The summed E-state index contributed by atoms with van der Waals surface area (Å²) in [5.74, 6) is 1.37. The number of benzene rings is 2. The van der Waals surface area contributed by atoms with Crippen LogP contribution in [0.2, 0.25) is 10.0 Å². The fraction of sp³-hybridized carbons (Fsp3) is 0.200. The predicted molar refractivity (Wildman–Crippen MR) is 94.3 cm³/mol. The molecule has 1 N–H and O–H groups in total. The Kier molecular flexibility index (Phi) is 6.59. The van der Waals surface area contributed by atoms with Gasteiger partial charge in [-0.2, -0.15) is 11.8 Å². The lowest BCUT2D eigenvalue weighted by Gasteiger charge is -2.07. The number of hydrogen-bond donors (Lipinski definition) is 1. The van der Waals surface area contributed by atoms with Gasteiger partial charge in [-0.15, -0.1) is 0 Å². The summed E-state index contributed by atoms with van der Waals surface area (Å²) in [4.78, 5) is 0.278. The highest BCUT2D eigenvalue weighted by atomic mass is 35.5. The first-order valence-electron chi connectivity index (χ1n) is 6.55. The first-order chi connectivity index (χ1) is 10.5. The summed E-state index contributed by atoms with van der Waals surface area (Å²) in [6, 6.07) is 13.7. The Morgan fingerprint density at radius 3 is 2.45 bits per heavy atom. The molecule has 2 rings (SSSR count). The van der Waals surface area contributed by atoms with Crippen LogP contribution in [0.1, 0.15) is 5.56 Å². The Bertz CT molecular complexity index is 722. The van der Waals surface area contributed by atoms with E-state index >= 15 is 0 Å². The summed E-state index contributed by atoms with van der Waals surface area (Å²) in [5.41, 5.74) is 0.988. The molecule has 0 atom stereocenters. The second-order valence-electron chi connectivity index (χ2n) is 4.50. The van der Waals surface area contributed by atoms with Crippen LogP contribution < -0.4 is 4.72 Å². The van der Waals surface area contributed by atoms with Crippen LogP contribution in [0.25, 0.3) is 0 Å². The quantitative estimate of drug-likeness (QED) is 0.737. The third-order valence-electron chi connectivity index (χ3n) is 2.86. The van der Waals surface area contributed by atoms with Gasteiger partial charge in [0.1, 0.15) is 0 Å². The first kappa shape index (κ1) is 17.6. The number of nitrogens with one attached hydrogen (secondary N) is 1. The average molecular weight is 376 g/mol. The summed E-state index contributed by atoms with van der Waals surface area (Å²) < 4.78 is 26.6. The molecule has 0 saturated carbocycles. The molecule has 0 unspecified atom stereocenters. The van der Waals surface area contributed by atoms with Gasteiger partial charge in [0.25, 0.3) is 0 Å². The molecule has 2 aromatic carbocycles. The monoisotopic (exact) mass is 375 g/mol. The summed E-state index contributed by atoms with van der Waals surface area (Å²) in [6.45, 7) is 0.368. The van der Waals surface area contributed by atoms with Gasteiger partial charge in [0.05, 0.1) is 4.90 Å². The third kappa shape index (κ3) is 5.18. The fourth-order valence-electron chi connectivity index (χ4n) is 1.75. The molecule has 0 heterocycles. The lowest BCUT2D eigenvalue weighted by Crippen LogP contribution is -2.26. The summed E-state index contributed by atoms with van der Waals surface area (Å²) in [5, 5.41) is 1.24. The first-order valence-corrected chi connectivity index (χ1v) is 9.95. The van der Waals surface area contributed by atoms with Crippen LogP contribution in [0.3, 0.4) is 0 Å². The normalized spacial score (nSPS) is 11.5. The molecule has 0 bridgehead atoms. The van der Waals surface area contributed by atoms with Crippen LogP contribution in [-0.2, 0) is 15.8 Å². The van der Waals surface area contributed by atoms with Gasteiger partial charge in [0.2, 0.25) is 10.0 Å². The Balaban J connectivity index is 1.78. The smallest absolute Gasteiger partial charge is 0.210 e. The molecule has 2 aromatic rings. The van der Waals surface area contributed by atoms with E-state index in [1.165, 1.54) is 0 Å². The number of sulfonamides is 1. The fourth-order valence-corrected chi connectivity index (χ4v) is 4.35. The van der Waals surface area contributed by atoms with Gasteiger partial charge in [0, 0.05) is 28.1 Å². The molecule has 0 aliphatic heterocycles. The van der Waals surface area contributed by atoms with Gasteiger partial charge >= 0.3 is 0 Å². The zero-order chi connectivity index (χ0) is 16.0. The van der Waals surface area contributed by atoms with E-state index < -0.39 is 10.0 Å². The van der Waals surface area contributed by atoms with Gasteiger partial charge in [-0.1, -0.05) is 47.5 Å². The number of hydrogen-bond acceptors (Lipinski definition) is 3. The van der Waals surface area contributed by atoms with Gasteiger partial charge in [-0.05, 0) is 29.8 Å². The second kappa shape index (κ2) is 8.22. The number of thioether (sulfide) groups is 1. The van der Waals surface area contributed by atoms with Crippen molar-refractivity contribution >= 4 is 45.0 Å². The van der Waals surface area contributed by atoms with Crippen molar-refractivity contribution in [2.45, 2.75) is 10.6 Å². The molecular weight excluding hydrogens is 361 g/mol. The number of halogens is 2. The summed E-state index contributed by atoms with van der Waals surface area (Å²) in [7, 11) is -3.43. The minimum atomic E-state index is -3.43. The van der Waals surface area contributed by atoms with Crippen molar-refractivity contribution in [3.05, 3.63) is 64.1 Å². The highest BCUT2D eigenvalue weighted by molar-refractivity contribution is 7.98. The molecule has 0 aliphatic rings. The molecule has 22 heavy (non-hydrogen) atoms. The lowest BCUT2D eigenvalue weighted by atomic mass is 10.2. The van der Waals surface area contributed by atoms with Crippen molar-refractivity contribution in [2.24, 2.45) is 0 Å². The van der Waals surface area contributed by atoms with Crippen LogP contribution in [0.5, 0.6) is 0 Å². The zero-order valence-electron chi connectivity index (χ0n) is 11.6. The highest BCUT2D eigenvalue weighted by Crippen LogP contribution is 2.24. The van der Waals surface area contributed by atoms with Crippen molar-refractivity contribution in [1.29, 1.82) is 0 Å². The zero-order valence-corrected chi connectivity index (χ0v) is 14.8. The average Bonchev–Trinajstić information content (AvgIpc) is 2.50. The van der Waals surface area contributed by atoms with Gasteiger partial charge in [0.15, 0.2) is 0 Å². The Morgan fingerprint density at radius 2 is 1.77 bits per heavy atom. The van der Waals surface area contributed by atoms with E-state index in [1.807, 2.05) is 6.07 Å². The maximum absolute atomic E-state index is 12.0. The summed E-state index contributed by atoms with van der Waals surface area (Å²) >= 11 is 13.5. The van der Waals surface area contributed by atoms with Gasteiger partial charge in [-0.25, -0.2) is 13.1 Å². The van der Waals surface area contributed by atoms with E-state index in [9.17, 15) is 8.42 Å².